The molecule has 2 atom stereocenters. The maximum Gasteiger partial charge on any atom is 0.321 e. The molecule has 27 heavy (non-hydrogen) atoms. The van der Waals surface area contributed by atoms with Gasteiger partial charge in [0.1, 0.15) is 6.04 Å². The molecule has 0 spiro atoms. The van der Waals surface area contributed by atoms with Crippen molar-refractivity contribution < 1.29 is 14.5 Å². The van der Waals surface area contributed by atoms with Gasteiger partial charge in [-0.25, -0.2) is 9.78 Å². The number of likely N-dealkylation sites (tertiary alicyclic amines) is 1. The number of thiazole rings is 1. The molecule has 1 aliphatic heterocycles. The third-order valence-electron chi connectivity index (χ3n) is 5.67. The van der Waals surface area contributed by atoms with Crippen molar-refractivity contribution in [2.45, 2.75) is 57.0 Å². The van der Waals surface area contributed by atoms with Crippen LogP contribution in [-0.4, -0.2) is 36.1 Å². The summed E-state index contributed by atoms with van der Waals surface area (Å²) in [6.07, 6.45) is 7.69. The lowest BCUT2D eigenvalue weighted by molar-refractivity contribution is -0.910. The number of para-hydroxylation sites is 1. The van der Waals surface area contributed by atoms with Crippen molar-refractivity contribution in [1.29, 1.82) is 0 Å². The van der Waals surface area contributed by atoms with Gasteiger partial charge in [-0.3, -0.25) is 10.1 Å². The molecule has 0 bridgehead atoms. The number of aromatic nitrogens is 1. The van der Waals surface area contributed by atoms with Crippen molar-refractivity contribution in [3.63, 3.8) is 0 Å². The van der Waals surface area contributed by atoms with Crippen LogP contribution in [0.3, 0.4) is 0 Å². The highest BCUT2D eigenvalue weighted by Gasteiger charge is 2.34. The summed E-state index contributed by atoms with van der Waals surface area (Å²) in [4.78, 5) is 30.5. The fourth-order valence-corrected chi connectivity index (χ4v) is 5.47. The number of carbonyl (C=O) groups is 2. The number of nitrogens with zero attached hydrogens (tertiary/aromatic N) is 1. The number of amides is 3. The third kappa shape index (κ3) is 4.47. The van der Waals surface area contributed by atoms with Crippen LogP contribution >= 0.6 is 11.3 Å². The molecule has 1 saturated heterocycles. The molecule has 0 radical (unpaired) electrons. The van der Waals surface area contributed by atoms with E-state index in [0.29, 0.717) is 6.54 Å². The molecule has 2 heterocycles. The highest BCUT2D eigenvalue weighted by Crippen LogP contribution is 2.28. The van der Waals surface area contributed by atoms with E-state index in [1.165, 1.54) is 16.0 Å². The molecule has 2 aromatic rings. The molecular formula is C20H27N4O2S+. The van der Waals surface area contributed by atoms with Gasteiger partial charge in [-0.2, -0.15) is 0 Å². The van der Waals surface area contributed by atoms with Gasteiger partial charge in [-0.1, -0.05) is 31.4 Å². The normalized spacial score (nSPS) is 23.4. The topological polar surface area (TPSA) is 75.5 Å². The Morgan fingerprint density at radius 1 is 1.11 bits per heavy atom. The van der Waals surface area contributed by atoms with Gasteiger partial charge in [0.05, 0.1) is 16.8 Å². The molecule has 6 nitrogen and oxygen atoms in total. The highest BCUT2D eigenvalue weighted by atomic mass is 32.1. The first-order valence-electron chi connectivity index (χ1n) is 9.99. The van der Waals surface area contributed by atoms with E-state index < -0.39 is 0 Å². The Morgan fingerprint density at radius 3 is 2.74 bits per heavy atom. The molecule has 1 aliphatic carbocycles. The van der Waals surface area contributed by atoms with E-state index in [-0.39, 0.29) is 24.0 Å². The maximum atomic E-state index is 12.4. The summed E-state index contributed by atoms with van der Waals surface area (Å²) in [6, 6.07) is 8.27. The lowest BCUT2D eigenvalue weighted by Gasteiger charge is -2.23. The molecule has 3 amide bonds. The molecule has 3 N–H and O–H groups in total. The van der Waals surface area contributed by atoms with Crippen molar-refractivity contribution >= 4 is 33.5 Å². The van der Waals surface area contributed by atoms with Gasteiger partial charge in [0.2, 0.25) is 0 Å². The van der Waals surface area contributed by atoms with E-state index in [1.807, 2.05) is 18.2 Å². The minimum atomic E-state index is -0.345. The van der Waals surface area contributed by atoms with Gasteiger partial charge < -0.3 is 10.2 Å². The predicted octanol–water partition coefficient (Wildman–Crippen LogP) is 2.17. The zero-order chi connectivity index (χ0) is 18.6. The Bertz CT molecular complexity index is 782. The molecule has 1 saturated carbocycles. The Labute approximate surface area is 163 Å². The average Bonchev–Trinajstić information content (AvgIpc) is 3.28. The summed E-state index contributed by atoms with van der Waals surface area (Å²) >= 11 is 1.72. The molecule has 144 valence electrons. The van der Waals surface area contributed by atoms with Crippen LogP contribution in [0.1, 0.15) is 56.0 Å². The fourth-order valence-electron chi connectivity index (χ4n) is 4.31. The van der Waals surface area contributed by atoms with E-state index in [9.17, 15) is 9.59 Å². The molecule has 7 heteroatoms. The van der Waals surface area contributed by atoms with Crippen molar-refractivity contribution in [2.24, 2.45) is 0 Å². The fraction of sp³-hybridized carbons (Fsp3) is 0.550. The maximum absolute atomic E-state index is 12.4. The Hall–Kier alpha value is -1.99. The highest BCUT2D eigenvalue weighted by molar-refractivity contribution is 7.18. The Morgan fingerprint density at radius 2 is 1.93 bits per heavy atom. The number of benzene rings is 1. The van der Waals surface area contributed by atoms with Crippen LogP contribution in [0.2, 0.25) is 0 Å². The van der Waals surface area contributed by atoms with Gasteiger partial charge >= 0.3 is 6.03 Å². The van der Waals surface area contributed by atoms with Crippen LogP contribution in [0.4, 0.5) is 4.79 Å². The van der Waals surface area contributed by atoms with Gasteiger partial charge in [0.25, 0.3) is 5.91 Å². The molecule has 2 fully saturated rings. The number of hydrogen-bond acceptors (Lipinski definition) is 4. The number of hydrogen-bond donors (Lipinski definition) is 3. The predicted molar refractivity (Wildman–Crippen MR) is 106 cm³/mol. The van der Waals surface area contributed by atoms with Crippen molar-refractivity contribution in [2.75, 3.05) is 13.1 Å². The lowest BCUT2D eigenvalue weighted by Crippen LogP contribution is -3.11. The smallest absolute Gasteiger partial charge is 0.321 e. The van der Waals surface area contributed by atoms with E-state index in [1.54, 1.807) is 11.3 Å². The van der Waals surface area contributed by atoms with Crippen molar-refractivity contribution in [3.05, 3.63) is 29.3 Å². The number of urea groups is 1. The number of fused-ring (bicyclic) bond motifs is 1. The van der Waals surface area contributed by atoms with Gasteiger partial charge in [0.15, 0.2) is 11.6 Å². The second-order valence-electron chi connectivity index (χ2n) is 7.66. The summed E-state index contributed by atoms with van der Waals surface area (Å²) in [5.74, 6) is -0.202. The second-order valence-corrected chi connectivity index (χ2v) is 8.72. The first kappa shape index (κ1) is 18.4. The zero-order valence-corrected chi connectivity index (χ0v) is 16.3. The van der Waals surface area contributed by atoms with Crippen molar-refractivity contribution in [3.8, 4) is 0 Å². The van der Waals surface area contributed by atoms with Crippen molar-refractivity contribution in [1.82, 2.24) is 15.6 Å². The van der Waals surface area contributed by atoms with Crippen LogP contribution in [0, 0.1) is 0 Å². The average molecular weight is 388 g/mol. The number of carbonyl (C=O) groups excluding carboxylic acids is 2. The van der Waals surface area contributed by atoms with Gasteiger partial charge in [-0.15, -0.1) is 11.3 Å². The summed E-state index contributed by atoms with van der Waals surface area (Å²) in [6.45, 7) is 1.26. The molecular weight excluding hydrogens is 360 g/mol. The molecule has 4 rings (SSSR count). The van der Waals surface area contributed by atoms with E-state index in [2.05, 4.69) is 16.7 Å². The second kappa shape index (κ2) is 8.35. The number of quaternary nitrogens is 1. The van der Waals surface area contributed by atoms with Gasteiger partial charge in [-0.05, 0) is 25.0 Å². The lowest BCUT2D eigenvalue weighted by atomic mass is 9.96. The van der Waals surface area contributed by atoms with E-state index in [0.717, 1.165) is 55.6 Å². The Balaban J connectivity index is 1.33. The third-order valence-corrected chi connectivity index (χ3v) is 6.82. The van der Waals surface area contributed by atoms with Crippen LogP contribution < -0.4 is 15.5 Å². The standard InChI is InChI=1S/C20H26N4O2S/c25-18(23-20(26)21-14-7-2-1-3-8-14)13-24-12-6-10-16(24)19-22-15-9-4-5-11-17(15)27-19/h4-5,9,11,14,16H,1-3,6-8,10,12-13H2,(H2,21,23,25,26)/p+1/t16-/m0/s1. The summed E-state index contributed by atoms with van der Waals surface area (Å²) < 4.78 is 1.19. The minimum absolute atomic E-state index is 0.202. The summed E-state index contributed by atoms with van der Waals surface area (Å²) in [5, 5.41) is 6.57. The first-order chi connectivity index (χ1) is 13.2. The minimum Gasteiger partial charge on any atom is -0.335 e. The quantitative estimate of drug-likeness (QED) is 0.753. The summed E-state index contributed by atoms with van der Waals surface area (Å²) in [5.41, 5.74) is 1.03. The number of nitrogens with one attached hydrogen (secondary N) is 3. The Kier molecular flexibility index (Phi) is 5.69. The first-order valence-corrected chi connectivity index (χ1v) is 10.8. The van der Waals surface area contributed by atoms with Gasteiger partial charge in [0, 0.05) is 18.9 Å². The number of rotatable bonds is 4. The number of imide groups is 1. The summed E-state index contributed by atoms with van der Waals surface area (Å²) in [7, 11) is 0. The molecule has 2 aliphatic rings. The molecule has 1 aromatic heterocycles. The van der Waals surface area contributed by atoms with Crippen LogP contribution in [0.5, 0.6) is 0 Å². The van der Waals surface area contributed by atoms with E-state index in [4.69, 9.17) is 4.98 Å². The van der Waals surface area contributed by atoms with Crippen LogP contribution in [0.15, 0.2) is 24.3 Å². The zero-order valence-electron chi connectivity index (χ0n) is 15.5. The molecule has 1 unspecified atom stereocenters. The largest absolute Gasteiger partial charge is 0.335 e. The van der Waals surface area contributed by atoms with E-state index >= 15 is 0 Å². The van der Waals surface area contributed by atoms with Crippen LogP contribution in [-0.2, 0) is 4.79 Å². The van der Waals surface area contributed by atoms with Crippen LogP contribution in [0.25, 0.3) is 10.2 Å². The monoisotopic (exact) mass is 387 g/mol. The SMILES string of the molecule is O=C(C[NH+]1CCC[C@H]1c1nc2ccccc2s1)NC(=O)NC1CCCCC1. The molecule has 1 aromatic carbocycles.